The summed E-state index contributed by atoms with van der Waals surface area (Å²) in [7, 11) is -3.57. The fourth-order valence-electron chi connectivity index (χ4n) is 2.37. The minimum Gasteiger partial charge on any atom is -0.281 e. The zero-order chi connectivity index (χ0) is 17.2. The Morgan fingerprint density at radius 2 is 2.17 bits per heavy atom. The molecule has 0 saturated carbocycles. The van der Waals surface area contributed by atoms with Crippen molar-refractivity contribution in [2.45, 2.75) is 25.2 Å². The number of rotatable bonds is 6. The Kier molecular flexibility index (Phi) is 4.74. The van der Waals surface area contributed by atoms with E-state index in [1.807, 2.05) is 17.5 Å². The highest BCUT2D eigenvalue weighted by molar-refractivity contribution is 7.89. The van der Waals surface area contributed by atoms with E-state index in [2.05, 4.69) is 24.9 Å². The molecule has 0 aliphatic heterocycles. The van der Waals surface area contributed by atoms with Gasteiger partial charge >= 0.3 is 0 Å². The van der Waals surface area contributed by atoms with Gasteiger partial charge in [-0.3, -0.25) is 10.1 Å². The maximum atomic E-state index is 12.4. The van der Waals surface area contributed by atoms with Crippen molar-refractivity contribution >= 4 is 21.4 Å². The third kappa shape index (κ3) is 3.53. The number of nitrogens with one attached hydrogen (secondary N) is 2. The molecule has 2 N–H and O–H groups in total. The Labute approximate surface area is 144 Å². The molecule has 0 atom stereocenters. The fraction of sp³-hybridized carbons (Fsp3) is 0.267. The van der Waals surface area contributed by atoms with Gasteiger partial charge in [-0.25, -0.2) is 18.1 Å². The van der Waals surface area contributed by atoms with Crippen LogP contribution in [-0.4, -0.2) is 35.1 Å². The minimum atomic E-state index is -3.57. The van der Waals surface area contributed by atoms with Gasteiger partial charge in [-0.1, -0.05) is 0 Å². The van der Waals surface area contributed by atoms with Crippen LogP contribution in [0.1, 0.15) is 17.1 Å². The molecule has 9 heteroatoms. The highest BCUT2D eigenvalue weighted by Crippen LogP contribution is 2.23. The lowest BCUT2D eigenvalue weighted by Gasteiger charge is -2.05. The van der Waals surface area contributed by atoms with Crippen molar-refractivity contribution < 1.29 is 8.42 Å². The van der Waals surface area contributed by atoms with Crippen LogP contribution in [0.5, 0.6) is 0 Å². The van der Waals surface area contributed by atoms with Gasteiger partial charge in [-0.05, 0) is 26.0 Å². The molecule has 0 unspecified atom stereocenters. The third-order valence-corrected chi connectivity index (χ3v) is 6.13. The van der Waals surface area contributed by atoms with Gasteiger partial charge in [0, 0.05) is 36.3 Å². The summed E-state index contributed by atoms with van der Waals surface area (Å²) in [4.78, 5) is 8.82. The van der Waals surface area contributed by atoms with Crippen molar-refractivity contribution in [2.75, 3.05) is 6.54 Å². The van der Waals surface area contributed by atoms with Crippen molar-refractivity contribution in [2.24, 2.45) is 0 Å². The monoisotopic (exact) mass is 363 g/mol. The molecule has 0 radical (unpaired) electrons. The number of aromatic nitrogens is 4. The number of sulfonamides is 1. The smallest absolute Gasteiger partial charge is 0.244 e. The first-order valence-electron chi connectivity index (χ1n) is 7.33. The van der Waals surface area contributed by atoms with E-state index in [0.717, 1.165) is 16.3 Å². The molecule has 0 aliphatic rings. The molecule has 0 aliphatic carbocycles. The molecule has 3 rings (SSSR count). The van der Waals surface area contributed by atoms with Crippen LogP contribution in [-0.2, 0) is 16.4 Å². The summed E-state index contributed by atoms with van der Waals surface area (Å²) < 4.78 is 27.3. The summed E-state index contributed by atoms with van der Waals surface area (Å²) in [5.74, 6) is 0. The minimum absolute atomic E-state index is 0.219. The highest BCUT2D eigenvalue weighted by atomic mass is 32.2. The zero-order valence-electron chi connectivity index (χ0n) is 13.3. The second kappa shape index (κ2) is 6.80. The number of hydrogen-bond acceptors (Lipinski definition) is 6. The van der Waals surface area contributed by atoms with Gasteiger partial charge in [0.1, 0.15) is 9.90 Å². The Hall–Kier alpha value is -2.10. The fourth-order valence-corrected chi connectivity index (χ4v) is 4.61. The van der Waals surface area contributed by atoms with Gasteiger partial charge < -0.3 is 0 Å². The predicted molar refractivity (Wildman–Crippen MR) is 92.3 cm³/mol. The first kappa shape index (κ1) is 16.7. The number of hydrogen-bond donors (Lipinski definition) is 2. The van der Waals surface area contributed by atoms with Crippen LogP contribution in [0.15, 0.2) is 34.8 Å². The third-order valence-electron chi connectivity index (χ3n) is 3.46. The van der Waals surface area contributed by atoms with E-state index in [-0.39, 0.29) is 11.4 Å². The Morgan fingerprint density at radius 1 is 1.33 bits per heavy atom. The normalized spacial score (nSPS) is 11.8. The van der Waals surface area contributed by atoms with E-state index >= 15 is 0 Å². The number of pyridine rings is 1. The van der Waals surface area contributed by atoms with Gasteiger partial charge in [0.2, 0.25) is 10.0 Å². The van der Waals surface area contributed by atoms with Crippen molar-refractivity contribution in [1.29, 1.82) is 0 Å². The molecule has 7 nitrogen and oxygen atoms in total. The Balaban J connectivity index is 1.64. The van der Waals surface area contributed by atoms with E-state index in [1.54, 1.807) is 26.2 Å². The van der Waals surface area contributed by atoms with Crippen LogP contribution in [0.3, 0.4) is 0 Å². The van der Waals surface area contributed by atoms with E-state index < -0.39 is 10.0 Å². The van der Waals surface area contributed by atoms with E-state index in [4.69, 9.17) is 0 Å². The first-order chi connectivity index (χ1) is 11.5. The van der Waals surface area contributed by atoms with Gasteiger partial charge in [0.05, 0.1) is 17.1 Å². The number of thiazole rings is 1. The summed E-state index contributed by atoms with van der Waals surface area (Å²) >= 11 is 1.52. The van der Waals surface area contributed by atoms with Crippen LogP contribution in [0, 0.1) is 13.8 Å². The van der Waals surface area contributed by atoms with Gasteiger partial charge in [-0.2, -0.15) is 5.10 Å². The molecule has 0 spiro atoms. The zero-order valence-corrected chi connectivity index (χ0v) is 14.9. The Bertz CT molecular complexity index is 912. The summed E-state index contributed by atoms with van der Waals surface area (Å²) in [6.07, 6.45) is 3.99. The molecule has 24 heavy (non-hydrogen) atoms. The second-order valence-electron chi connectivity index (χ2n) is 5.30. The van der Waals surface area contributed by atoms with Gasteiger partial charge in [0.15, 0.2) is 0 Å². The van der Waals surface area contributed by atoms with E-state index in [1.165, 1.54) is 11.3 Å². The quantitative estimate of drug-likeness (QED) is 0.698. The van der Waals surface area contributed by atoms with Crippen molar-refractivity contribution in [1.82, 2.24) is 24.9 Å². The highest BCUT2D eigenvalue weighted by Gasteiger charge is 2.21. The van der Waals surface area contributed by atoms with Crippen molar-refractivity contribution in [3.05, 3.63) is 47.0 Å². The topological polar surface area (TPSA) is 101 Å². The van der Waals surface area contributed by atoms with E-state index in [0.29, 0.717) is 17.8 Å². The first-order valence-corrected chi connectivity index (χ1v) is 9.69. The average molecular weight is 363 g/mol. The van der Waals surface area contributed by atoms with Crippen LogP contribution < -0.4 is 4.72 Å². The number of nitrogens with zero attached hydrogens (tertiary/aromatic N) is 3. The van der Waals surface area contributed by atoms with Crippen LogP contribution >= 0.6 is 11.3 Å². The maximum absolute atomic E-state index is 12.4. The second-order valence-corrected chi connectivity index (χ2v) is 7.86. The summed E-state index contributed by atoms with van der Waals surface area (Å²) in [6.45, 7) is 3.64. The molecular weight excluding hydrogens is 346 g/mol. The summed E-state index contributed by atoms with van der Waals surface area (Å²) in [5.41, 5.74) is 2.81. The maximum Gasteiger partial charge on any atom is 0.244 e. The number of H-pyrrole nitrogens is 1. The van der Waals surface area contributed by atoms with E-state index in [9.17, 15) is 8.42 Å². The largest absolute Gasteiger partial charge is 0.281 e. The molecule has 3 aromatic rings. The van der Waals surface area contributed by atoms with Crippen molar-refractivity contribution in [3.8, 4) is 10.6 Å². The molecule has 0 amide bonds. The van der Waals surface area contributed by atoms with Crippen LogP contribution in [0.25, 0.3) is 10.6 Å². The molecule has 126 valence electrons. The summed E-state index contributed by atoms with van der Waals surface area (Å²) in [5, 5.41) is 9.42. The number of aromatic amines is 1. The summed E-state index contributed by atoms with van der Waals surface area (Å²) in [6, 6.07) is 3.81. The lowest BCUT2D eigenvalue weighted by molar-refractivity contribution is 0.580. The van der Waals surface area contributed by atoms with Gasteiger partial charge in [0.25, 0.3) is 0 Å². The molecular formula is C15H17N5O2S2. The average Bonchev–Trinajstić information content (AvgIpc) is 3.15. The van der Waals surface area contributed by atoms with Crippen LogP contribution in [0.4, 0.5) is 0 Å². The lowest BCUT2D eigenvalue weighted by atomic mass is 10.3. The lowest BCUT2D eigenvalue weighted by Crippen LogP contribution is -2.27. The molecule has 0 aromatic carbocycles. The molecule has 0 fully saturated rings. The number of aryl methyl sites for hydroxylation is 2. The van der Waals surface area contributed by atoms with Gasteiger partial charge in [-0.15, -0.1) is 11.3 Å². The van der Waals surface area contributed by atoms with Crippen LogP contribution in [0.2, 0.25) is 0 Å². The standard InChI is InChI=1S/C15H17N5O2S2/c1-10-14(11(2)20-19-10)24(21,22)17-7-5-13-9-23-15(18-13)12-4-3-6-16-8-12/h3-4,6,8-9,17H,5,7H2,1-2H3,(H,19,20). The molecule has 3 heterocycles. The SMILES string of the molecule is Cc1n[nH]c(C)c1S(=O)(=O)NCCc1csc(-c2cccnc2)n1. The molecule has 0 saturated heterocycles. The predicted octanol–water partition coefficient (Wildman–Crippen LogP) is 2.07. The molecule has 0 bridgehead atoms. The Morgan fingerprint density at radius 3 is 2.83 bits per heavy atom. The van der Waals surface area contributed by atoms with Crippen molar-refractivity contribution in [3.63, 3.8) is 0 Å². The molecule has 3 aromatic heterocycles.